The molecule has 0 unspecified atom stereocenters. The Bertz CT molecular complexity index is 1150. The summed E-state index contributed by atoms with van der Waals surface area (Å²) < 4.78 is 18.9. The van der Waals surface area contributed by atoms with Crippen LogP contribution in [-0.2, 0) is 9.31 Å². The Morgan fingerprint density at radius 2 is 1.29 bits per heavy atom. The highest BCUT2D eigenvalue weighted by molar-refractivity contribution is 7.09. The summed E-state index contributed by atoms with van der Waals surface area (Å²) in [5, 5.41) is 4.45. The van der Waals surface area contributed by atoms with Gasteiger partial charge in [-0.2, -0.15) is 0 Å². The Morgan fingerprint density at radius 1 is 0.771 bits per heavy atom. The Kier molecular flexibility index (Phi) is 6.29. The molecule has 180 valence electrons. The predicted molar refractivity (Wildman–Crippen MR) is 148 cm³/mol. The van der Waals surface area contributed by atoms with E-state index in [1.54, 1.807) is 7.11 Å². The minimum Gasteiger partial charge on any atom is -0.497 e. The van der Waals surface area contributed by atoms with Gasteiger partial charge in [-0.05, 0) is 73.7 Å². The molecule has 3 nitrogen and oxygen atoms in total. The van der Waals surface area contributed by atoms with E-state index in [2.05, 4.69) is 100 Å². The van der Waals surface area contributed by atoms with Crippen molar-refractivity contribution in [1.29, 1.82) is 0 Å². The molecule has 0 aliphatic carbocycles. The maximum absolute atomic E-state index is 6.73. The van der Waals surface area contributed by atoms with Crippen LogP contribution >= 0.6 is 0 Å². The minimum absolute atomic E-state index is 0.405. The Labute approximate surface area is 211 Å². The van der Waals surface area contributed by atoms with Gasteiger partial charge in [-0.25, -0.2) is 0 Å². The molecule has 0 bridgehead atoms. The molecule has 0 spiro atoms. The van der Waals surface area contributed by atoms with Crippen molar-refractivity contribution in [3.63, 3.8) is 0 Å². The largest absolute Gasteiger partial charge is 0.497 e. The fourth-order valence-electron chi connectivity index (χ4n) is 5.69. The van der Waals surface area contributed by atoms with E-state index in [9.17, 15) is 0 Å². The molecule has 2 aliphatic rings. The second-order valence-electron chi connectivity index (χ2n) is 10.7. The third kappa shape index (κ3) is 4.10. The van der Waals surface area contributed by atoms with E-state index in [0.29, 0.717) is 0 Å². The van der Waals surface area contributed by atoms with Crippen LogP contribution in [0.1, 0.15) is 46.1 Å². The lowest BCUT2D eigenvalue weighted by molar-refractivity contribution is 0.00578. The lowest BCUT2D eigenvalue weighted by Gasteiger charge is -2.33. The van der Waals surface area contributed by atoms with Gasteiger partial charge < -0.3 is 14.0 Å². The van der Waals surface area contributed by atoms with Gasteiger partial charge in [0.1, 0.15) is 13.8 Å². The molecule has 0 aromatic heterocycles. The van der Waals surface area contributed by atoms with Crippen molar-refractivity contribution in [2.45, 2.75) is 57.8 Å². The van der Waals surface area contributed by atoms with E-state index in [1.165, 1.54) is 33.5 Å². The van der Waals surface area contributed by atoms with Crippen LogP contribution in [0.4, 0.5) is 0 Å². The second-order valence-corrected chi connectivity index (χ2v) is 14.8. The first-order chi connectivity index (χ1) is 16.8. The SMILES string of the molecule is COc1ccc(/C(B2OC(C)(C)C(C)(C)O2)=C2/CCC[Si]2(c2ccccc2)c2ccccc2)cc1. The standard InChI is InChI=1S/C30H35BO3Si/c1-29(2)30(3,4)34-31(33-29)28(23-18-20-24(32-5)21-19-23)27-17-12-22-35(27,25-13-8-6-9-14-25)26-15-10-7-11-16-26/h6-11,13-16,18-21H,12,17,22H2,1-5H3/b28-27+. The maximum Gasteiger partial charge on any atom is 0.495 e. The summed E-state index contributed by atoms with van der Waals surface area (Å²) in [6, 6.07) is 31.9. The van der Waals surface area contributed by atoms with Crippen molar-refractivity contribution < 1.29 is 14.0 Å². The normalized spacial score (nSPS) is 21.7. The second kappa shape index (κ2) is 9.12. The fraction of sp³-hybridized carbons (Fsp3) is 0.333. The van der Waals surface area contributed by atoms with Gasteiger partial charge in [-0.15, -0.1) is 0 Å². The average Bonchev–Trinajstić information content (AvgIpc) is 3.39. The molecule has 2 aliphatic heterocycles. The van der Waals surface area contributed by atoms with Crippen LogP contribution in [0, 0.1) is 0 Å². The molecule has 0 atom stereocenters. The Morgan fingerprint density at radius 3 is 1.77 bits per heavy atom. The first kappa shape index (κ1) is 24.1. The molecular formula is C30H35BO3Si. The van der Waals surface area contributed by atoms with Gasteiger partial charge in [-0.1, -0.05) is 84.4 Å². The quantitative estimate of drug-likeness (QED) is 0.438. The molecule has 0 saturated carbocycles. The average molecular weight is 483 g/mol. The Balaban J connectivity index is 1.79. The topological polar surface area (TPSA) is 27.7 Å². The summed E-state index contributed by atoms with van der Waals surface area (Å²) in [6.07, 6.45) is 2.23. The first-order valence-electron chi connectivity index (χ1n) is 12.6. The van der Waals surface area contributed by atoms with Crippen LogP contribution in [-0.4, -0.2) is 33.5 Å². The molecule has 0 radical (unpaired) electrons. The van der Waals surface area contributed by atoms with Crippen LogP contribution in [0.15, 0.2) is 90.1 Å². The van der Waals surface area contributed by atoms with Crippen LogP contribution in [0.3, 0.4) is 0 Å². The van der Waals surface area contributed by atoms with Gasteiger partial charge >= 0.3 is 7.12 Å². The summed E-state index contributed by atoms with van der Waals surface area (Å²) in [4.78, 5) is 0. The van der Waals surface area contributed by atoms with E-state index in [1.807, 2.05) is 12.1 Å². The number of methoxy groups -OCH3 is 1. The number of hydrogen-bond acceptors (Lipinski definition) is 3. The maximum atomic E-state index is 6.73. The minimum atomic E-state index is -2.25. The van der Waals surface area contributed by atoms with Crippen LogP contribution < -0.4 is 15.1 Å². The summed E-state index contributed by atoms with van der Waals surface area (Å²) in [5.41, 5.74) is 1.56. The van der Waals surface area contributed by atoms with E-state index in [4.69, 9.17) is 14.0 Å². The number of rotatable bonds is 5. The summed E-state index contributed by atoms with van der Waals surface area (Å²) in [6.45, 7) is 8.54. The van der Waals surface area contributed by atoms with Gasteiger partial charge in [0.05, 0.1) is 18.3 Å². The smallest absolute Gasteiger partial charge is 0.495 e. The zero-order valence-electron chi connectivity index (χ0n) is 21.5. The number of hydrogen-bond donors (Lipinski definition) is 0. The van der Waals surface area contributed by atoms with E-state index in [0.717, 1.165) is 17.7 Å². The van der Waals surface area contributed by atoms with E-state index < -0.39 is 26.4 Å². The molecule has 5 heteroatoms. The zero-order valence-corrected chi connectivity index (χ0v) is 22.5. The van der Waals surface area contributed by atoms with Crippen molar-refractivity contribution in [3.8, 4) is 5.75 Å². The van der Waals surface area contributed by atoms with E-state index >= 15 is 0 Å². The fourth-order valence-corrected chi connectivity index (χ4v) is 11.2. The van der Waals surface area contributed by atoms with Crippen molar-refractivity contribution in [2.75, 3.05) is 7.11 Å². The van der Waals surface area contributed by atoms with Crippen molar-refractivity contribution in [2.24, 2.45) is 0 Å². The summed E-state index contributed by atoms with van der Waals surface area (Å²) >= 11 is 0. The number of allylic oxidation sites excluding steroid dienone is 1. The van der Waals surface area contributed by atoms with Crippen molar-refractivity contribution >= 4 is 31.0 Å². The number of ether oxygens (including phenoxy) is 1. The molecule has 0 amide bonds. The molecule has 5 rings (SSSR count). The predicted octanol–water partition coefficient (Wildman–Crippen LogP) is 5.68. The highest BCUT2D eigenvalue weighted by atomic mass is 28.3. The summed E-state index contributed by atoms with van der Waals surface area (Å²) in [7, 11) is -0.959. The highest BCUT2D eigenvalue weighted by Gasteiger charge is 2.55. The van der Waals surface area contributed by atoms with Gasteiger partial charge in [0.2, 0.25) is 0 Å². The molecular weight excluding hydrogens is 447 g/mol. The monoisotopic (exact) mass is 482 g/mol. The number of benzene rings is 3. The van der Waals surface area contributed by atoms with Gasteiger partial charge in [0, 0.05) is 0 Å². The van der Waals surface area contributed by atoms with Crippen LogP contribution in [0.25, 0.3) is 5.47 Å². The van der Waals surface area contributed by atoms with Crippen molar-refractivity contribution in [3.05, 3.63) is 95.7 Å². The zero-order chi connectivity index (χ0) is 24.7. The van der Waals surface area contributed by atoms with Crippen molar-refractivity contribution in [1.82, 2.24) is 0 Å². The molecule has 2 saturated heterocycles. The van der Waals surface area contributed by atoms with Gasteiger partial charge in [-0.3, -0.25) is 0 Å². The third-order valence-corrected chi connectivity index (χ3v) is 13.5. The first-order valence-corrected chi connectivity index (χ1v) is 14.8. The third-order valence-electron chi connectivity index (χ3n) is 8.24. The molecule has 3 aromatic rings. The molecule has 35 heavy (non-hydrogen) atoms. The summed E-state index contributed by atoms with van der Waals surface area (Å²) in [5.74, 6) is 0.855. The lowest BCUT2D eigenvalue weighted by Crippen LogP contribution is -2.58. The van der Waals surface area contributed by atoms with Gasteiger partial charge in [0.15, 0.2) is 0 Å². The molecule has 2 fully saturated rings. The Hall–Kier alpha value is -2.60. The van der Waals surface area contributed by atoms with Gasteiger partial charge in [0.25, 0.3) is 0 Å². The highest BCUT2D eigenvalue weighted by Crippen LogP contribution is 2.46. The van der Waals surface area contributed by atoms with E-state index in [-0.39, 0.29) is 0 Å². The van der Waals surface area contributed by atoms with Crippen LogP contribution in [0.2, 0.25) is 6.04 Å². The molecule has 3 aromatic carbocycles. The molecule has 2 heterocycles. The lowest BCUT2D eigenvalue weighted by atomic mass is 9.73. The van der Waals surface area contributed by atoms with Crippen LogP contribution in [0.5, 0.6) is 5.75 Å². The molecule has 0 N–H and O–H groups in total.